The van der Waals surface area contributed by atoms with E-state index in [2.05, 4.69) is 42.2 Å². The van der Waals surface area contributed by atoms with Crippen LogP contribution in [0.4, 0.5) is 5.82 Å². The van der Waals surface area contributed by atoms with E-state index in [-0.39, 0.29) is 0 Å². The summed E-state index contributed by atoms with van der Waals surface area (Å²) in [5.41, 5.74) is 3.92. The third-order valence-corrected chi connectivity index (χ3v) is 5.46. The van der Waals surface area contributed by atoms with Crippen molar-refractivity contribution in [3.8, 4) is 0 Å². The zero-order valence-electron chi connectivity index (χ0n) is 15.7. The Kier molecular flexibility index (Phi) is 3.56. The van der Waals surface area contributed by atoms with Crippen molar-refractivity contribution in [3.63, 3.8) is 0 Å². The third kappa shape index (κ3) is 2.53. The van der Waals surface area contributed by atoms with E-state index in [1.54, 1.807) is 6.33 Å². The van der Waals surface area contributed by atoms with Gasteiger partial charge in [0.15, 0.2) is 11.5 Å². The normalized spacial score (nSPS) is 15.9. The minimum absolute atomic E-state index is 0.347. The van der Waals surface area contributed by atoms with Crippen LogP contribution in [0, 0.1) is 20.8 Å². The van der Waals surface area contributed by atoms with Crippen LogP contribution in [0.25, 0.3) is 11.4 Å². The highest BCUT2D eigenvalue weighted by Crippen LogP contribution is 2.31. The lowest BCUT2D eigenvalue weighted by molar-refractivity contribution is 0.472. The first-order chi connectivity index (χ1) is 13.1. The number of fused-ring (bicyclic) bond motifs is 2. The van der Waals surface area contributed by atoms with Crippen molar-refractivity contribution in [1.82, 2.24) is 39.4 Å². The lowest BCUT2D eigenvalue weighted by atomic mass is 9.96. The van der Waals surface area contributed by atoms with Gasteiger partial charge in [0.05, 0.1) is 5.69 Å². The molecule has 0 spiro atoms. The van der Waals surface area contributed by atoms with Gasteiger partial charge in [-0.15, -0.1) is 10.2 Å². The Morgan fingerprint density at radius 1 is 1.00 bits per heavy atom. The molecule has 1 aliphatic heterocycles. The molecule has 0 radical (unpaired) electrons. The average molecular weight is 363 g/mol. The lowest BCUT2D eigenvalue weighted by Crippen LogP contribution is -2.35. The van der Waals surface area contributed by atoms with Crippen molar-refractivity contribution >= 4 is 17.2 Å². The molecular formula is C18H21N9. The predicted molar refractivity (Wildman–Crippen MR) is 100.0 cm³/mol. The molecule has 27 heavy (non-hydrogen) atoms. The third-order valence-electron chi connectivity index (χ3n) is 5.46. The quantitative estimate of drug-likeness (QED) is 0.537. The second-order valence-corrected chi connectivity index (χ2v) is 7.18. The molecule has 1 fully saturated rings. The summed E-state index contributed by atoms with van der Waals surface area (Å²) < 4.78 is 3.74. The summed E-state index contributed by atoms with van der Waals surface area (Å²) in [6, 6.07) is 3.94. The van der Waals surface area contributed by atoms with Gasteiger partial charge in [0.1, 0.15) is 12.1 Å². The van der Waals surface area contributed by atoms with Crippen LogP contribution in [-0.2, 0) is 0 Å². The number of hydrogen-bond donors (Lipinski definition) is 0. The molecular weight excluding hydrogens is 342 g/mol. The van der Waals surface area contributed by atoms with Crippen LogP contribution < -0.4 is 4.90 Å². The highest BCUT2D eigenvalue weighted by Gasteiger charge is 2.27. The maximum absolute atomic E-state index is 4.60. The fraction of sp³-hybridized carbons (Fsp3) is 0.444. The molecule has 1 aliphatic rings. The van der Waals surface area contributed by atoms with Gasteiger partial charge in [-0.3, -0.25) is 0 Å². The molecule has 0 unspecified atom stereocenters. The summed E-state index contributed by atoms with van der Waals surface area (Å²) in [4.78, 5) is 11.2. The Bertz CT molecular complexity index is 1130. The van der Waals surface area contributed by atoms with Crippen LogP contribution in [0.15, 0.2) is 18.5 Å². The van der Waals surface area contributed by atoms with Crippen LogP contribution in [0.3, 0.4) is 0 Å². The number of hydrogen-bond acceptors (Lipinski definition) is 7. The molecule has 4 aromatic heterocycles. The van der Waals surface area contributed by atoms with Gasteiger partial charge < -0.3 is 4.90 Å². The van der Waals surface area contributed by atoms with Crippen LogP contribution >= 0.6 is 0 Å². The largest absolute Gasteiger partial charge is 0.356 e. The first kappa shape index (κ1) is 16.1. The van der Waals surface area contributed by atoms with Crippen LogP contribution in [-0.4, -0.2) is 52.5 Å². The Balaban J connectivity index is 1.44. The van der Waals surface area contributed by atoms with Crippen molar-refractivity contribution in [3.05, 3.63) is 41.2 Å². The number of aryl methyl sites for hydroxylation is 2. The summed E-state index contributed by atoms with van der Waals surface area (Å²) in [7, 11) is 0. The SMILES string of the molecule is Cc1ccc2nnc(C3CCN(c4c(C)c(C)nc5ncnn45)CC3)n2n1. The van der Waals surface area contributed by atoms with Crippen molar-refractivity contribution in [1.29, 1.82) is 0 Å². The number of rotatable bonds is 2. The highest BCUT2D eigenvalue weighted by molar-refractivity contribution is 5.54. The van der Waals surface area contributed by atoms with E-state index in [9.17, 15) is 0 Å². The van der Waals surface area contributed by atoms with Crippen molar-refractivity contribution in [2.45, 2.75) is 39.5 Å². The molecule has 9 nitrogen and oxygen atoms in total. The van der Waals surface area contributed by atoms with E-state index in [1.807, 2.05) is 35.0 Å². The molecule has 0 aromatic carbocycles. The number of piperidine rings is 1. The molecule has 5 heterocycles. The first-order valence-electron chi connectivity index (χ1n) is 9.22. The Morgan fingerprint density at radius 2 is 1.81 bits per heavy atom. The van der Waals surface area contributed by atoms with E-state index >= 15 is 0 Å². The van der Waals surface area contributed by atoms with Crippen molar-refractivity contribution in [2.24, 2.45) is 0 Å². The molecule has 0 bridgehead atoms. The topological polar surface area (TPSA) is 89.4 Å². The molecule has 0 aliphatic carbocycles. The average Bonchev–Trinajstić information content (AvgIpc) is 3.29. The first-order valence-corrected chi connectivity index (χ1v) is 9.22. The monoisotopic (exact) mass is 363 g/mol. The fourth-order valence-corrected chi connectivity index (χ4v) is 3.89. The number of anilines is 1. The molecule has 5 rings (SSSR count). The molecule has 138 valence electrons. The molecule has 9 heteroatoms. The smallest absolute Gasteiger partial charge is 0.254 e. The number of aromatic nitrogens is 8. The second-order valence-electron chi connectivity index (χ2n) is 7.18. The zero-order valence-corrected chi connectivity index (χ0v) is 15.7. The minimum atomic E-state index is 0.347. The standard InChI is InChI=1S/C18H21N9/c1-11-4-5-15-22-23-16(26(15)24-11)14-6-8-25(9-7-14)17-12(2)13(3)21-18-19-10-20-27(17)18/h4-5,10,14H,6-9H2,1-3H3. The molecule has 0 amide bonds. The van der Waals surface area contributed by atoms with Crippen LogP contribution in [0.1, 0.15) is 41.5 Å². The Morgan fingerprint density at radius 3 is 2.63 bits per heavy atom. The zero-order chi connectivity index (χ0) is 18.5. The van der Waals surface area contributed by atoms with Gasteiger partial charge in [-0.1, -0.05) is 0 Å². The van der Waals surface area contributed by atoms with Gasteiger partial charge in [0, 0.05) is 30.3 Å². The Hall–Kier alpha value is -3.10. The Labute approximate surface area is 156 Å². The van der Waals surface area contributed by atoms with Gasteiger partial charge in [0.25, 0.3) is 5.78 Å². The minimum Gasteiger partial charge on any atom is -0.356 e. The molecule has 0 atom stereocenters. The summed E-state index contributed by atoms with van der Waals surface area (Å²) in [5, 5.41) is 17.7. The molecule has 1 saturated heterocycles. The van der Waals surface area contributed by atoms with Gasteiger partial charge in [-0.25, -0.2) is 4.98 Å². The molecule has 0 N–H and O–H groups in total. The highest BCUT2D eigenvalue weighted by atomic mass is 15.4. The fourth-order valence-electron chi connectivity index (χ4n) is 3.89. The van der Waals surface area contributed by atoms with E-state index in [0.717, 1.165) is 60.2 Å². The van der Waals surface area contributed by atoms with Crippen molar-refractivity contribution in [2.75, 3.05) is 18.0 Å². The van der Waals surface area contributed by atoms with E-state index < -0.39 is 0 Å². The van der Waals surface area contributed by atoms with E-state index in [1.165, 1.54) is 0 Å². The maximum atomic E-state index is 4.60. The summed E-state index contributed by atoms with van der Waals surface area (Å²) in [5.74, 6) is 3.05. The summed E-state index contributed by atoms with van der Waals surface area (Å²) in [6.07, 6.45) is 3.55. The predicted octanol–water partition coefficient (Wildman–Crippen LogP) is 1.87. The van der Waals surface area contributed by atoms with Crippen LogP contribution in [0.5, 0.6) is 0 Å². The van der Waals surface area contributed by atoms with Crippen LogP contribution in [0.2, 0.25) is 0 Å². The van der Waals surface area contributed by atoms with Gasteiger partial charge in [0.2, 0.25) is 0 Å². The molecule has 4 aromatic rings. The van der Waals surface area contributed by atoms with Gasteiger partial charge in [-0.05, 0) is 45.7 Å². The lowest BCUT2D eigenvalue weighted by Gasteiger charge is -2.33. The molecule has 0 saturated carbocycles. The second kappa shape index (κ2) is 5.97. The maximum Gasteiger partial charge on any atom is 0.254 e. The summed E-state index contributed by atoms with van der Waals surface area (Å²) >= 11 is 0. The van der Waals surface area contributed by atoms with E-state index in [4.69, 9.17) is 0 Å². The van der Waals surface area contributed by atoms with Gasteiger partial charge in [-0.2, -0.15) is 24.2 Å². The number of nitrogens with zero attached hydrogens (tertiary/aromatic N) is 9. The van der Waals surface area contributed by atoms with E-state index in [0.29, 0.717) is 11.7 Å². The van der Waals surface area contributed by atoms with Crippen molar-refractivity contribution < 1.29 is 0 Å². The van der Waals surface area contributed by atoms with Gasteiger partial charge >= 0.3 is 0 Å². The summed E-state index contributed by atoms with van der Waals surface area (Å²) in [6.45, 7) is 7.96.